The quantitative estimate of drug-likeness (QED) is 0.725. The summed E-state index contributed by atoms with van der Waals surface area (Å²) in [4.78, 5) is 11.2. The summed E-state index contributed by atoms with van der Waals surface area (Å²) < 4.78 is 0. The van der Waals surface area contributed by atoms with Gasteiger partial charge in [-0.05, 0) is 30.9 Å². The molecule has 3 nitrogen and oxygen atoms in total. The number of nitrogens with one attached hydrogen (secondary N) is 1. The van der Waals surface area contributed by atoms with E-state index < -0.39 is 0 Å². The minimum atomic E-state index is 0.944. The molecule has 0 aliphatic rings. The van der Waals surface area contributed by atoms with Crippen LogP contribution in [0, 0.1) is 0 Å². The maximum Gasteiger partial charge on any atom is 0.139 e. The van der Waals surface area contributed by atoms with Crippen molar-refractivity contribution in [2.75, 3.05) is 26.4 Å². The molecule has 0 aliphatic carbocycles. The smallest absolute Gasteiger partial charge is 0.139 e. The summed E-state index contributed by atoms with van der Waals surface area (Å²) in [5, 5.41) is 2.50. The number of H-pyrrole nitrogens is 1. The molecule has 1 N–H and O–H groups in total. The van der Waals surface area contributed by atoms with Crippen molar-refractivity contribution in [3.63, 3.8) is 0 Å². The first-order valence-electron chi connectivity index (χ1n) is 7.05. The van der Waals surface area contributed by atoms with Gasteiger partial charge in [0.05, 0.1) is 0 Å². The van der Waals surface area contributed by atoms with Crippen molar-refractivity contribution in [3.05, 3.63) is 48.8 Å². The topological polar surface area (TPSA) is 31.9 Å². The Kier molecular flexibility index (Phi) is 4.27. The summed E-state index contributed by atoms with van der Waals surface area (Å²) in [6.45, 7) is 1.06. The van der Waals surface area contributed by atoms with Gasteiger partial charge in [-0.15, -0.1) is 11.8 Å². The molecule has 0 atom stereocenters. The summed E-state index contributed by atoms with van der Waals surface area (Å²) in [5.74, 6) is 2.01. The molecule has 0 fully saturated rings. The van der Waals surface area contributed by atoms with Crippen molar-refractivity contribution in [2.24, 2.45) is 0 Å². The lowest BCUT2D eigenvalue weighted by Gasteiger charge is -2.13. The molecular weight excluding hydrogens is 278 g/mol. The number of hydrogen-bond acceptors (Lipinski definition) is 3. The first kappa shape index (κ1) is 14.2. The molecule has 0 spiro atoms. The second kappa shape index (κ2) is 6.33. The first-order valence-corrected chi connectivity index (χ1v) is 8.03. The van der Waals surface area contributed by atoms with E-state index in [2.05, 4.69) is 65.4 Å². The molecule has 0 radical (unpaired) electrons. The number of rotatable bonds is 5. The highest BCUT2D eigenvalue weighted by atomic mass is 32.2. The van der Waals surface area contributed by atoms with Crippen molar-refractivity contribution >= 4 is 22.5 Å². The average molecular weight is 297 g/mol. The van der Waals surface area contributed by atoms with Gasteiger partial charge in [0.2, 0.25) is 0 Å². The van der Waals surface area contributed by atoms with Gasteiger partial charge in [0.25, 0.3) is 0 Å². The third-order valence-electron chi connectivity index (χ3n) is 3.42. The van der Waals surface area contributed by atoms with Crippen LogP contribution in [-0.4, -0.2) is 41.3 Å². The molecule has 0 aliphatic heterocycles. The average Bonchev–Trinajstić information content (AvgIpc) is 3.00. The lowest BCUT2D eigenvalue weighted by molar-refractivity contribution is 0.437. The van der Waals surface area contributed by atoms with E-state index in [0.29, 0.717) is 0 Å². The fourth-order valence-corrected chi connectivity index (χ4v) is 3.55. The van der Waals surface area contributed by atoms with Crippen molar-refractivity contribution in [1.82, 2.24) is 14.9 Å². The Morgan fingerprint density at radius 2 is 2.00 bits per heavy atom. The number of benzene rings is 2. The van der Waals surface area contributed by atoms with E-state index in [1.807, 2.05) is 24.2 Å². The van der Waals surface area contributed by atoms with E-state index in [0.717, 1.165) is 18.1 Å². The monoisotopic (exact) mass is 297 g/mol. The number of fused-ring (bicyclic) bond motifs is 1. The summed E-state index contributed by atoms with van der Waals surface area (Å²) in [6.07, 6.45) is 3.69. The van der Waals surface area contributed by atoms with E-state index in [-0.39, 0.29) is 0 Å². The first-order chi connectivity index (χ1) is 10.3. The Hall–Kier alpha value is -1.78. The molecule has 0 saturated heterocycles. The Labute approximate surface area is 129 Å². The highest BCUT2D eigenvalue weighted by Gasteiger charge is 2.12. The van der Waals surface area contributed by atoms with E-state index in [1.54, 1.807) is 0 Å². The van der Waals surface area contributed by atoms with Gasteiger partial charge in [-0.3, -0.25) is 0 Å². The second-order valence-electron chi connectivity index (χ2n) is 5.25. The fraction of sp³-hybridized carbons (Fsp3) is 0.235. The van der Waals surface area contributed by atoms with Crippen LogP contribution in [0.2, 0.25) is 0 Å². The summed E-state index contributed by atoms with van der Waals surface area (Å²) in [5.41, 5.74) is 1.21. The molecule has 3 aromatic rings. The van der Waals surface area contributed by atoms with Gasteiger partial charge in [0.1, 0.15) is 5.82 Å². The molecule has 0 unspecified atom stereocenters. The Bertz CT molecular complexity index is 720. The molecule has 1 heterocycles. The van der Waals surface area contributed by atoms with Crippen LogP contribution in [0.25, 0.3) is 22.2 Å². The SMILES string of the molecule is CN(C)CCSc1ccc2ccccc2c1-c1ncc[nH]1. The highest BCUT2D eigenvalue weighted by molar-refractivity contribution is 7.99. The van der Waals surface area contributed by atoms with Crippen molar-refractivity contribution in [1.29, 1.82) is 0 Å². The van der Waals surface area contributed by atoms with Crippen LogP contribution in [0.15, 0.2) is 53.7 Å². The largest absolute Gasteiger partial charge is 0.345 e. The molecule has 21 heavy (non-hydrogen) atoms. The normalized spacial score (nSPS) is 11.4. The van der Waals surface area contributed by atoms with Gasteiger partial charge < -0.3 is 9.88 Å². The third kappa shape index (κ3) is 3.12. The van der Waals surface area contributed by atoms with Gasteiger partial charge in [0.15, 0.2) is 0 Å². The van der Waals surface area contributed by atoms with Gasteiger partial charge >= 0.3 is 0 Å². The molecule has 0 bridgehead atoms. The maximum atomic E-state index is 4.46. The number of thioether (sulfide) groups is 1. The minimum Gasteiger partial charge on any atom is -0.345 e. The van der Waals surface area contributed by atoms with Crippen LogP contribution >= 0.6 is 11.8 Å². The van der Waals surface area contributed by atoms with Crippen molar-refractivity contribution in [3.8, 4) is 11.4 Å². The molecular formula is C17H19N3S. The third-order valence-corrected chi connectivity index (χ3v) is 4.46. The van der Waals surface area contributed by atoms with Gasteiger partial charge in [0, 0.05) is 35.2 Å². The highest BCUT2D eigenvalue weighted by Crippen LogP contribution is 2.35. The molecule has 0 saturated carbocycles. The van der Waals surface area contributed by atoms with Gasteiger partial charge in [-0.1, -0.05) is 30.3 Å². The zero-order chi connectivity index (χ0) is 14.7. The second-order valence-corrected chi connectivity index (χ2v) is 6.39. The van der Waals surface area contributed by atoms with E-state index in [9.17, 15) is 0 Å². The summed E-state index contributed by atoms with van der Waals surface area (Å²) in [7, 11) is 4.21. The zero-order valence-electron chi connectivity index (χ0n) is 12.3. The predicted molar refractivity (Wildman–Crippen MR) is 90.8 cm³/mol. The lowest BCUT2D eigenvalue weighted by atomic mass is 10.0. The molecule has 2 aromatic carbocycles. The molecule has 1 aromatic heterocycles. The van der Waals surface area contributed by atoms with Gasteiger partial charge in [-0.25, -0.2) is 4.98 Å². The number of nitrogens with zero attached hydrogens (tertiary/aromatic N) is 2. The van der Waals surface area contributed by atoms with Crippen LogP contribution in [0.5, 0.6) is 0 Å². The van der Waals surface area contributed by atoms with E-state index >= 15 is 0 Å². The maximum absolute atomic E-state index is 4.46. The standard InChI is InChI=1S/C17H19N3S/c1-20(2)11-12-21-15-8-7-13-5-3-4-6-14(13)16(15)17-18-9-10-19-17/h3-10H,11-12H2,1-2H3,(H,18,19). The van der Waals surface area contributed by atoms with Gasteiger partial charge in [-0.2, -0.15) is 0 Å². The number of imidazole rings is 1. The van der Waals surface area contributed by atoms with Crippen LogP contribution in [0.1, 0.15) is 0 Å². The lowest BCUT2D eigenvalue weighted by Crippen LogP contribution is -2.14. The van der Waals surface area contributed by atoms with E-state index in [4.69, 9.17) is 0 Å². The summed E-state index contributed by atoms with van der Waals surface area (Å²) >= 11 is 1.89. The summed E-state index contributed by atoms with van der Waals surface area (Å²) in [6, 6.07) is 12.9. The van der Waals surface area contributed by atoms with Crippen LogP contribution < -0.4 is 0 Å². The zero-order valence-corrected chi connectivity index (χ0v) is 13.2. The van der Waals surface area contributed by atoms with Crippen LogP contribution in [-0.2, 0) is 0 Å². The van der Waals surface area contributed by atoms with Crippen LogP contribution in [0.4, 0.5) is 0 Å². The number of aromatic nitrogens is 2. The molecule has 108 valence electrons. The van der Waals surface area contributed by atoms with E-state index in [1.165, 1.54) is 21.2 Å². The Balaban J connectivity index is 2.05. The van der Waals surface area contributed by atoms with Crippen molar-refractivity contribution < 1.29 is 0 Å². The molecule has 3 rings (SSSR count). The molecule has 0 amide bonds. The Morgan fingerprint density at radius 1 is 1.14 bits per heavy atom. The number of hydrogen-bond donors (Lipinski definition) is 1. The fourth-order valence-electron chi connectivity index (χ4n) is 2.36. The molecule has 4 heteroatoms. The van der Waals surface area contributed by atoms with Crippen molar-refractivity contribution in [2.45, 2.75) is 4.90 Å². The van der Waals surface area contributed by atoms with Crippen LogP contribution in [0.3, 0.4) is 0 Å². The Morgan fingerprint density at radius 3 is 2.76 bits per heavy atom. The minimum absolute atomic E-state index is 0.944. The predicted octanol–water partition coefficient (Wildman–Crippen LogP) is 3.88. The number of aromatic amines is 1.